The Kier molecular flexibility index (Phi) is 2.73. The fourth-order valence-corrected chi connectivity index (χ4v) is 1.42. The van der Waals surface area contributed by atoms with E-state index in [1.54, 1.807) is 12.1 Å². The van der Waals surface area contributed by atoms with Gasteiger partial charge in [-0.25, -0.2) is 9.07 Å². The molecule has 1 heterocycles. The highest BCUT2D eigenvalue weighted by molar-refractivity contribution is 5.94. The molecule has 7 heteroatoms. The number of benzene rings is 1. The molecule has 0 spiro atoms. The third kappa shape index (κ3) is 2.22. The predicted molar refractivity (Wildman–Crippen MR) is 58.5 cm³/mol. The molecule has 0 fully saturated rings. The van der Waals surface area contributed by atoms with Gasteiger partial charge in [-0.05, 0) is 17.7 Å². The van der Waals surface area contributed by atoms with Crippen molar-refractivity contribution in [1.82, 2.24) is 15.0 Å². The first-order chi connectivity index (χ1) is 8.08. The summed E-state index contributed by atoms with van der Waals surface area (Å²) in [6, 6.07) is 5.98. The maximum absolute atomic E-state index is 13.0. The minimum absolute atomic E-state index is 0.0711. The Morgan fingerprint density at radius 2 is 2.24 bits per heavy atom. The number of halogens is 1. The van der Waals surface area contributed by atoms with E-state index in [-0.39, 0.29) is 23.9 Å². The maximum atomic E-state index is 13.0. The first-order valence-electron chi connectivity index (χ1n) is 4.81. The van der Waals surface area contributed by atoms with Crippen LogP contribution < -0.4 is 11.5 Å². The van der Waals surface area contributed by atoms with Crippen LogP contribution in [0.15, 0.2) is 24.3 Å². The van der Waals surface area contributed by atoms with E-state index in [9.17, 15) is 9.18 Å². The molecule has 0 saturated carbocycles. The van der Waals surface area contributed by atoms with E-state index in [0.29, 0.717) is 5.56 Å². The number of nitrogen functional groups attached to an aromatic ring is 1. The van der Waals surface area contributed by atoms with E-state index < -0.39 is 5.91 Å². The number of nitrogens with two attached hydrogens (primary N) is 2. The number of anilines is 1. The maximum Gasteiger partial charge on any atom is 0.273 e. The molecule has 0 atom stereocenters. The van der Waals surface area contributed by atoms with E-state index in [4.69, 9.17) is 11.5 Å². The summed E-state index contributed by atoms with van der Waals surface area (Å²) in [5.74, 6) is -1.02. The Morgan fingerprint density at radius 1 is 1.47 bits per heavy atom. The number of rotatable bonds is 3. The molecule has 2 rings (SSSR count). The largest absolute Gasteiger partial charge is 0.382 e. The number of nitrogens with zero attached hydrogens (tertiary/aromatic N) is 3. The molecule has 0 aliphatic heterocycles. The van der Waals surface area contributed by atoms with Crippen molar-refractivity contribution in [1.29, 1.82) is 0 Å². The van der Waals surface area contributed by atoms with Crippen molar-refractivity contribution in [2.45, 2.75) is 6.54 Å². The summed E-state index contributed by atoms with van der Waals surface area (Å²) in [7, 11) is 0. The summed E-state index contributed by atoms with van der Waals surface area (Å²) < 4.78 is 14.2. The average Bonchev–Trinajstić information content (AvgIpc) is 2.61. The van der Waals surface area contributed by atoms with Gasteiger partial charge in [0.15, 0.2) is 11.5 Å². The molecule has 2 aromatic rings. The third-order valence-electron chi connectivity index (χ3n) is 2.23. The smallest absolute Gasteiger partial charge is 0.273 e. The normalized spacial score (nSPS) is 10.4. The van der Waals surface area contributed by atoms with E-state index in [1.165, 1.54) is 16.8 Å². The quantitative estimate of drug-likeness (QED) is 0.790. The highest BCUT2D eigenvalue weighted by Gasteiger charge is 2.14. The van der Waals surface area contributed by atoms with Gasteiger partial charge in [-0.2, -0.15) is 0 Å². The lowest BCUT2D eigenvalue weighted by molar-refractivity contribution is 0.0996. The number of aromatic nitrogens is 3. The lowest BCUT2D eigenvalue weighted by Gasteiger charge is -2.03. The second-order valence-corrected chi connectivity index (χ2v) is 3.48. The fourth-order valence-electron chi connectivity index (χ4n) is 1.42. The van der Waals surface area contributed by atoms with Crippen LogP contribution in [-0.4, -0.2) is 20.9 Å². The number of hydrogen-bond donors (Lipinski definition) is 2. The molecule has 0 aliphatic rings. The van der Waals surface area contributed by atoms with Crippen LogP contribution in [0.1, 0.15) is 16.1 Å². The van der Waals surface area contributed by atoms with Crippen molar-refractivity contribution < 1.29 is 9.18 Å². The second-order valence-electron chi connectivity index (χ2n) is 3.48. The molecule has 0 saturated heterocycles. The summed E-state index contributed by atoms with van der Waals surface area (Å²) >= 11 is 0. The topological polar surface area (TPSA) is 99.8 Å². The summed E-state index contributed by atoms with van der Waals surface area (Å²) in [5.41, 5.74) is 11.3. The SMILES string of the molecule is NC(=O)c1nnn(Cc2cccc(F)c2)c1N. The monoisotopic (exact) mass is 235 g/mol. The van der Waals surface area contributed by atoms with E-state index >= 15 is 0 Å². The van der Waals surface area contributed by atoms with Crippen molar-refractivity contribution in [3.05, 3.63) is 41.3 Å². The van der Waals surface area contributed by atoms with Gasteiger partial charge in [0.2, 0.25) is 0 Å². The number of carbonyl (C=O) groups is 1. The summed E-state index contributed by atoms with van der Waals surface area (Å²) in [5, 5.41) is 7.23. The van der Waals surface area contributed by atoms with Crippen molar-refractivity contribution in [3.8, 4) is 0 Å². The van der Waals surface area contributed by atoms with Gasteiger partial charge < -0.3 is 11.5 Å². The van der Waals surface area contributed by atoms with Crippen molar-refractivity contribution in [3.63, 3.8) is 0 Å². The van der Waals surface area contributed by atoms with Crippen molar-refractivity contribution >= 4 is 11.7 Å². The van der Waals surface area contributed by atoms with Crippen LogP contribution in [0.25, 0.3) is 0 Å². The highest BCUT2D eigenvalue weighted by Crippen LogP contribution is 2.11. The van der Waals surface area contributed by atoms with E-state index in [2.05, 4.69) is 10.3 Å². The molecule has 1 amide bonds. The molecule has 1 aromatic heterocycles. The van der Waals surface area contributed by atoms with Crippen LogP contribution in [-0.2, 0) is 6.54 Å². The zero-order chi connectivity index (χ0) is 12.4. The molecular weight excluding hydrogens is 225 g/mol. The number of amides is 1. The number of primary amides is 1. The van der Waals surface area contributed by atoms with Gasteiger partial charge in [-0.15, -0.1) is 5.10 Å². The van der Waals surface area contributed by atoms with Crippen LogP contribution >= 0.6 is 0 Å². The minimum Gasteiger partial charge on any atom is -0.382 e. The summed E-state index contributed by atoms with van der Waals surface area (Å²) in [6.45, 7) is 0.226. The second kappa shape index (κ2) is 4.20. The Morgan fingerprint density at radius 3 is 2.82 bits per heavy atom. The first kappa shape index (κ1) is 11.1. The van der Waals surface area contributed by atoms with Gasteiger partial charge in [0.05, 0.1) is 6.54 Å². The molecule has 6 nitrogen and oxygen atoms in total. The minimum atomic E-state index is -0.743. The standard InChI is InChI=1S/C10H10FN5O/c11-7-3-1-2-6(4-7)5-16-9(12)8(10(13)17)14-15-16/h1-4H,5,12H2,(H2,13,17). The van der Waals surface area contributed by atoms with Gasteiger partial charge in [0, 0.05) is 0 Å². The molecule has 88 valence electrons. The Labute approximate surface area is 96.0 Å². The van der Waals surface area contributed by atoms with Gasteiger partial charge >= 0.3 is 0 Å². The zero-order valence-electron chi connectivity index (χ0n) is 8.80. The van der Waals surface area contributed by atoms with Gasteiger partial charge in [0.1, 0.15) is 5.82 Å². The van der Waals surface area contributed by atoms with Crippen LogP contribution in [0.3, 0.4) is 0 Å². The molecule has 17 heavy (non-hydrogen) atoms. The molecule has 1 aromatic carbocycles. The van der Waals surface area contributed by atoms with Gasteiger partial charge in [-0.1, -0.05) is 17.3 Å². The van der Waals surface area contributed by atoms with Crippen LogP contribution in [0.5, 0.6) is 0 Å². The third-order valence-corrected chi connectivity index (χ3v) is 2.23. The van der Waals surface area contributed by atoms with Gasteiger partial charge in [-0.3, -0.25) is 4.79 Å². The van der Waals surface area contributed by atoms with Crippen LogP contribution in [0, 0.1) is 5.82 Å². The summed E-state index contributed by atoms with van der Waals surface area (Å²) in [6.07, 6.45) is 0. The number of carbonyl (C=O) groups excluding carboxylic acids is 1. The van der Waals surface area contributed by atoms with Crippen molar-refractivity contribution in [2.75, 3.05) is 5.73 Å². The lowest BCUT2D eigenvalue weighted by atomic mass is 10.2. The van der Waals surface area contributed by atoms with E-state index in [1.807, 2.05) is 0 Å². The molecular formula is C10H10FN5O. The van der Waals surface area contributed by atoms with Gasteiger partial charge in [0.25, 0.3) is 5.91 Å². The molecule has 0 aliphatic carbocycles. The molecule has 4 N–H and O–H groups in total. The summed E-state index contributed by atoms with van der Waals surface area (Å²) in [4.78, 5) is 10.9. The number of hydrogen-bond acceptors (Lipinski definition) is 4. The van der Waals surface area contributed by atoms with Crippen LogP contribution in [0.2, 0.25) is 0 Å². The Hall–Kier alpha value is -2.44. The molecule has 0 unspecified atom stereocenters. The lowest BCUT2D eigenvalue weighted by Crippen LogP contribution is -2.14. The Bertz CT molecular complexity index is 566. The highest BCUT2D eigenvalue weighted by atomic mass is 19.1. The van der Waals surface area contributed by atoms with Crippen molar-refractivity contribution in [2.24, 2.45) is 5.73 Å². The predicted octanol–water partition coefficient (Wildman–Crippen LogP) is 0.147. The molecule has 0 bridgehead atoms. The van der Waals surface area contributed by atoms with E-state index in [0.717, 1.165) is 0 Å². The zero-order valence-corrected chi connectivity index (χ0v) is 8.80. The Balaban J connectivity index is 2.28. The molecule has 0 radical (unpaired) electrons. The first-order valence-corrected chi connectivity index (χ1v) is 4.81. The fraction of sp³-hybridized carbons (Fsp3) is 0.100. The average molecular weight is 235 g/mol. The van der Waals surface area contributed by atoms with Crippen LogP contribution in [0.4, 0.5) is 10.2 Å².